The van der Waals surface area contributed by atoms with Crippen LogP contribution in [0.4, 0.5) is 0 Å². The van der Waals surface area contributed by atoms with E-state index in [1.807, 2.05) is 0 Å². The number of aryl methyl sites for hydroxylation is 2. The third-order valence-electron chi connectivity index (χ3n) is 8.55. The van der Waals surface area contributed by atoms with Crippen LogP contribution in [0.3, 0.4) is 0 Å². The number of fused-ring (bicyclic) bond motifs is 2. The van der Waals surface area contributed by atoms with Gasteiger partial charge in [-0.15, -0.1) is 0 Å². The first-order chi connectivity index (χ1) is 18.3. The second-order valence-corrected chi connectivity index (χ2v) is 31.7. The summed E-state index contributed by atoms with van der Waals surface area (Å²) in [6.45, 7) is 14.6. The standard InChI is InChI=1S/2C17H15.C2H7Si.Zr/c2*1-12-5-3-6-14(9-12)16-8-4-7-15-10-13(2)11-17(15)16;1-3-2;/h2*3-11H,1-2H3;3H,1-2H3;. The van der Waals surface area contributed by atoms with Crippen molar-refractivity contribution in [1.82, 2.24) is 0 Å². The first-order valence-electron chi connectivity index (χ1n) is 14.0. The first-order valence-corrected chi connectivity index (χ1v) is 23.9. The first kappa shape index (κ1) is 25.7. The molecule has 2 unspecified atom stereocenters. The zero-order valence-corrected chi connectivity index (χ0v) is 27.1. The summed E-state index contributed by atoms with van der Waals surface area (Å²) in [4.78, 5) is 0. The number of allylic oxidation sites excluding steroid dienone is 2. The Morgan fingerprint density at radius 1 is 0.553 bits per heavy atom. The fraction of sp³-hybridized carbons (Fsp3) is 0.222. The van der Waals surface area contributed by atoms with E-state index in [0.717, 1.165) is 0 Å². The van der Waals surface area contributed by atoms with Gasteiger partial charge in [-0.2, -0.15) is 0 Å². The predicted octanol–water partition coefficient (Wildman–Crippen LogP) is 9.86. The van der Waals surface area contributed by atoms with Crippen LogP contribution in [0.1, 0.15) is 54.5 Å². The van der Waals surface area contributed by atoms with Crippen LogP contribution in [0.25, 0.3) is 34.4 Å². The van der Waals surface area contributed by atoms with Crippen LogP contribution in [0.2, 0.25) is 13.1 Å². The van der Waals surface area contributed by atoms with E-state index in [2.05, 4.69) is 138 Å². The van der Waals surface area contributed by atoms with Gasteiger partial charge in [0.05, 0.1) is 0 Å². The van der Waals surface area contributed by atoms with Crippen LogP contribution in [0.15, 0.2) is 96.1 Å². The summed E-state index contributed by atoms with van der Waals surface area (Å²) in [7, 11) is 0. The van der Waals surface area contributed by atoms with E-state index < -0.39 is 26.8 Å². The summed E-state index contributed by atoms with van der Waals surface area (Å²) in [6.07, 6.45) is 5.10. The number of hydrogen-bond donors (Lipinski definition) is 0. The summed E-state index contributed by atoms with van der Waals surface area (Å²) in [6, 6.07) is 32.3. The normalized spacial score (nSPS) is 17.8. The van der Waals surface area contributed by atoms with Gasteiger partial charge in [-0.25, -0.2) is 0 Å². The van der Waals surface area contributed by atoms with Gasteiger partial charge >= 0.3 is 239 Å². The average molecular weight is 589 g/mol. The Morgan fingerprint density at radius 2 is 0.974 bits per heavy atom. The topological polar surface area (TPSA) is 0 Å². The molecule has 189 valence electrons. The molecule has 0 radical (unpaired) electrons. The van der Waals surface area contributed by atoms with Crippen molar-refractivity contribution < 1.29 is 20.9 Å². The van der Waals surface area contributed by atoms with E-state index in [9.17, 15) is 0 Å². The summed E-state index contributed by atoms with van der Waals surface area (Å²) in [5.41, 5.74) is 17.6. The molecular formula is C36H37SiZr. The van der Waals surface area contributed by atoms with E-state index in [0.29, 0.717) is 7.25 Å². The number of hydrogen-bond acceptors (Lipinski definition) is 0. The maximum atomic E-state index is 2.65. The SMILES string of the molecule is CC1=Cc2c(-c3cccc(C)c3)cccc2[CH]1[Zr]([CH]1C(C)=Cc2c(-c3cccc(C)c3)cccc21)[SiH](C)C. The quantitative estimate of drug-likeness (QED) is 0.204. The van der Waals surface area contributed by atoms with Crippen LogP contribution >= 0.6 is 0 Å². The molecule has 4 aromatic carbocycles. The summed E-state index contributed by atoms with van der Waals surface area (Å²) < 4.78 is 1.34. The van der Waals surface area contributed by atoms with E-state index in [-0.39, 0.29) is 0 Å². The van der Waals surface area contributed by atoms with Crippen LogP contribution in [0.5, 0.6) is 0 Å². The number of rotatable bonds is 5. The van der Waals surface area contributed by atoms with E-state index >= 15 is 0 Å². The Labute approximate surface area is 237 Å². The van der Waals surface area contributed by atoms with Gasteiger partial charge in [-0.05, 0) is 0 Å². The van der Waals surface area contributed by atoms with Crippen LogP contribution in [0, 0.1) is 13.8 Å². The molecule has 0 saturated carbocycles. The molecule has 2 aliphatic carbocycles. The summed E-state index contributed by atoms with van der Waals surface area (Å²) >= 11 is -2.03. The molecule has 0 aliphatic heterocycles. The van der Waals surface area contributed by atoms with Gasteiger partial charge in [0.25, 0.3) is 0 Å². The fourth-order valence-corrected chi connectivity index (χ4v) is 30.2. The molecule has 0 N–H and O–H groups in total. The Hall–Kier alpha value is -2.54. The molecule has 0 bridgehead atoms. The average Bonchev–Trinajstić information content (AvgIpc) is 3.40. The van der Waals surface area contributed by atoms with Crippen molar-refractivity contribution in [3.63, 3.8) is 0 Å². The molecule has 0 nitrogen and oxygen atoms in total. The van der Waals surface area contributed by atoms with Gasteiger partial charge in [0.2, 0.25) is 0 Å². The second kappa shape index (κ2) is 10.2. The molecule has 0 saturated heterocycles. The van der Waals surface area contributed by atoms with Crippen molar-refractivity contribution in [1.29, 1.82) is 0 Å². The fourth-order valence-electron chi connectivity index (χ4n) is 6.95. The zero-order valence-electron chi connectivity index (χ0n) is 23.5. The van der Waals surface area contributed by atoms with Crippen molar-refractivity contribution >= 4 is 18.1 Å². The molecule has 2 heteroatoms. The van der Waals surface area contributed by atoms with Crippen LogP contribution in [-0.4, -0.2) is 5.92 Å². The van der Waals surface area contributed by atoms with Crippen molar-refractivity contribution in [3.8, 4) is 22.3 Å². The van der Waals surface area contributed by atoms with E-state index in [1.54, 1.807) is 22.3 Å². The Morgan fingerprint density at radius 3 is 1.37 bits per heavy atom. The molecule has 38 heavy (non-hydrogen) atoms. The van der Waals surface area contributed by atoms with Gasteiger partial charge in [-0.3, -0.25) is 0 Å². The monoisotopic (exact) mass is 587 g/mol. The molecule has 0 heterocycles. The van der Waals surface area contributed by atoms with Gasteiger partial charge in [0, 0.05) is 0 Å². The predicted molar refractivity (Wildman–Crippen MR) is 165 cm³/mol. The third kappa shape index (κ3) is 4.41. The van der Waals surface area contributed by atoms with Gasteiger partial charge < -0.3 is 0 Å². The van der Waals surface area contributed by atoms with Gasteiger partial charge in [0.15, 0.2) is 0 Å². The van der Waals surface area contributed by atoms with E-state index in [4.69, 9.17) is 0 Å². The molecule has 4 aromatic rings. The maximum absolute atomic E-state index is 2.65. The third-order valence-corrected chi connectivity index (χ3v) is 30.7. The number of benzene rings is 4. The Kier molecular flexibility index (Phi) is 6.91. The molecule has 0 aromatic heterocycles. The Balaban J connectivity index is 1.46. The van der Waals surface area contributed by atoms with Crippen LogP contribution < -0.4 is 0 Å². The molecular weight excluding hydrogens is 552 g/mol. The van der Waals surface area contributed by atoms with Gasteiger partial charge in [-0.1, -0.05) is 0 Å². The van der Waals surface area contributed by atoms with Crippen molar-refractivity contribution in [2.75, 3.05) is 0 Å². The minimum atomic E-state index is -2.03. The summed E-state index contributed by atoms with van der Waals surface area (Å²) in [5, 5.41) is 0. The molecule has 0 amide bonds. The van der Waals surface area contributed by atoms with Crippen molar-refractivity contribution in [2.45, 2.75) is 48.0 Å². The molecule has 6 rings (SSSR count). The second-order valence-electron chi connectivity index (χ2n) is 11.7. The minimum absolute atomic E-state index is 0.672. The molecule has 2 aliphatic rings. The zero-order chi connectivity index (χ0) is 26.6. The van der Waals surface area contributed by atoms with E-state index in [1.165, 1.54) is 44.5 Å². The van der Waals surface area contributed by atoms with Crippen molar-refractivity contribution in [2.24, 2.45) is 0 Å². The summed E-state index contributed by atoms with van der Waals surface area (Å²) in [5.74, 6) is -0.867. The van der Waals surface area contributed by atoms with Crippen LogP contribution in [-0.2, 0) is 20.9 Å². The molecule has 0 spiro atoms. The van der Waals surface area contributed by atoms with Gasteiger partial charge in [0.1, 0.15) is 0 Å². The Bertz CT molecular complexity index is 1490. The molecule has 2 atom stereocenters. The van der Waals surface area contributed by atoms with Crippen molar-refractivity contribution in [3.05, 3.63) is 129 Å². The molecule has 0 fully saturated rings.